The molecule has 0 saturated carbocycles. The first-order valence-corrected chi connectivity index (χ1v) is 6.63. The second kappa shape index (κ2) is 7.26. The highest BCUT2D eigenvalue weighted by Crippen LogP contribution is 2.34. The summed E-state index contributed by atoms with van der Waals surface area (Å²) >= 11 is 0. The molecule has 22 heavy (non-hydrogen) atoms. The Labute approximate surface area is 129 Å². The van der Waals surface area contributed by atoms with Crippen molar-refractivity contribution in [1.29, 1.82) is 0 Å². The molecule has 0 N–H and O–H groups in total. The van der Waals surface area contributed by atoms with Crippen molar-refractivity contribution >= 4 is 11.9 Å². The van der Waals surface area contributed by atoms with E-state index in [1.54, 1.807) is 24.4 Å². The lowest BCUT2D eigenvalue weighted by atomic mass is 10.1. The second-order valence-corrected chi connectivity index (χ2v) is 4.36. The van der Waals surface area contributed by atoms with E-state index in [1.165, 1.54) is 27.4 Å². The zero-order chi connectivity index (χ0) is 15.9. The lowest BCUT2D eigenvalue weighted by Crippen LogP contribution is -2.03. The van der Waals surface area contributed by atoms with Gasteiger partial charge in [0.15, 0.2) is 5.78 Å². The number of aromatic nitrogens is 1. The molecule has 0 aliphatic rings. The second-order valence-electron chi connectivity index (χ2n) is 4.36. The Balaban J connectivity index is 2.38. The Morgan fingerprint density at radius 2 is 1.73 bits per heavy atom. The summed E-state index contributed by atoms with van der Waals surface area (Å²) in [6.45, 7) is 0. The van der Waals surface area contributed by atoms with Crippen LogP contribution in [0.1, 0.15) is 16.1 Å². The van der Waals surface area contributed by atoms with E-state index < -0.39 is 0 Å². The Hall–Kier alpha value is -2.82. The number of carbonyl (C=O) groups is 1. The van der Waals surface area contributed by atoms with Gasteiger partial charge in [-0.1, -0.05) is 6.07 Å². The molecule has 5 nitrogen and oxygen atoms in total. The smallest absolute Gasteiger partial charge is 0.193 e. The monoisotopic (exact) mass is 299 g/mol. The number of hydrogen-bond donors (Lipinski definition) is 0. The van der Waals surface area contributed by atoms with Crippen LogP contribution >= 0.6 is 0 Å². The van der Waals surface area contributed by atoms with E-state index >= 15 is 0 Å². The molecule has 0 spiro atoms. The topological polar surface area (TPSA) is 57.7 Å². The maximum atomic E-state index is 12.5. The summed E-state index contributed by atoms with van der Waals surface area (Å²) in [4.78, 5) is 16.6. The summed E-state index contributed by atoms with van der Waals surface area (Å²) in [7, 11) is 4.53. The summed E-state index contributed by atoms with van der Waals surface area (Å²) in [5.41, 5.74) is 1.04. The number of rotatable bonds is 6. The molecule has 0 amide bonds. The Kier molecular flexibility index (Phi) is 5.14. The number of ether oxygens (including phenoxy) is 3. The highest BCUT2D eigenvalue weighted by Gasteiger charge is 2.18. The predicted octanol–water partition coefficient (Wildman–Crippen LogP) is 3.00. The molecular weight excluding hydrogens is 282 g/mol. The van der Waals surface area contributed by atoms with E-state index in [1.807, 2.05) is 18.2 Å². The maximum absolute atomic E-state index is 12.5. The van der Waals surface area contributed by atoms with Crippen molar-refractivity contribution in [3.63, 3.8) is 0 Å². The van der Waals surface area contributed by atoms with E-state index in [2.05, 4.69) is 4.98 Å². The quantitative estimate of drug-likeness (QED) is 0.606. The van der Waals surface area contributed by atoms with Gasteiger partial charge in [-0.15, -0.1) is 0 Å². The molecule has 114 valence electrons. The molecule has 0 bridgehead atoms. The van der Waals surface area contributed by atoms with E-state index in [0.29, 0.717) is 28.5 Å². The average Bonchev–Trinajstić information content (AvgIpc) is 2.59. The third-order valence-corrected chi connectivity index (χ3v) is 3.05. The van der Waals surface area contributed by atoms with Gasteiger partial charge in [0.05, 0.1) is 27.0 Å². The van der Waals surface area contributed by atoms with Crippen molar-refractivity contribution in [2.45, 2.75) is 0 Å². The molecule has 0 fully saturated rings. The van der Waals surface area contributed by atoms with Gasteiger partial charge in [0.2, 0.25) is 0 Å². The van der Waals surface area contributed by atoms with Crippen LogP contribution in [-0.4, -0.2) is 32.1 Å². The van der Waals surface area contributed by atoms with Crippen molar-refractivity contribution in [3.05, 3.63) is 53.9 Å². The van der Waals surface area contributed by atoms with E-state index in [-0.39, 0.29) is 5.78 Å². The number of allylic oxidation sites excluding steroid dienone is 1. The molecule has 2 rings (SSSR count). The fourth-order valence-corrected chi connectivity index (χ4v) is 1.97. The molecule has 1 aromatic carbocycles. The van der Waals surface area contributed by atoms with E-state index in [4.69, 9.17) is 14.2 Å². The Morgan fingerprint density at radius 1 is 1.05 bits per heavy atom. The third-order valence-electron chi connectivity index (χ3n) is 3.05. The van der Waals surface area contributed by atoms with Gasteiger partial charge in [0.25, 0.3) is 0 Å². The van der Waals surface area contributed by atoms with Gasteiger partial charge in [-0.2, -0.15) is 0 Å². The zero-order valence-electron chi connectivity index (χ0n) is 12.7. The van der Waals surface area contributed by atoms with Gasteiger partial charge in [-0.3, -0.25) is 9.78 Å². The summed E-state index contributed by atoms with van der Waals surface area (Å²) in [5, 5.41) is 0. The normalized spacial score (nSPS) is 10.5. The summed E-state index contributed by atoms with van der Waals surface area (Å²) in [6, 6.07) is 8.77. The lowest BCUT2D eigenvalue weighted by molar-refractivity contribution is 0.104. The van der Waals surface area contributed by atoms with Crippen LogP contribution in [0.15, 0.2) is 42.6 Å². The van der Waals surface area contributed by atoms with E-state index in [9.17, 15) is 4.79 Å². The fourth-order valence-electron chi connectivity index (χ4n) is 1.97. The van der Waals surface area contributed by atoms with Gasteiger partial charge in [0, 0.05) is 18.3 Å². The Morgan fingerprint density at radius 3 is 2.23 bits per heavy atom. The first-order valence-electron chi connectivity index (χ1n) is 6.63. The highest BCUT2D eigenvalue weighted by atomic mass is 16.5. The van der Waals surface area contributed by atoms with Crippen LogP contribution in [0.2, 0.25) is 0 Å². The van der Waals surface area contributed by atoms with Gasteiger partial charge in [-0.05, 0) is 24.3 Å². The number of pyridine rings is 1. The van der Waals surface area contributed by atoms with Gasteiger partial charge in [-0.25, -0.2) is 0 Å². The number of nitrogens with zero attached hydrogens (tertiary/aromatic N) is 1. The summed E-state index contributed by atoms with van der Waals surface area (Å²) in [5.74, 6) is 1.11. The van der Waals surface area contributed by atoms with Crippen LogP contribution < -0.4 is 14.2 Å². The molecule has 2 aromatic rings. The summed E-state index contributed by atoms with van der Waals surface area (Å²) < 4.78 is 15.7. The molecule has 0 aliphatic carbocycles. The number of carbonyl (C=O) groups excluding carboxylic acids is 1. The minimum atomic E-state index is -0.234. The van der Waals surface area contributed by atoms with Gasteiger partial charge < -0.3 is 14.2 Å². The third kappa shape index (κ3) is 3.44. The maximum Gasteiger partial charge on any atom is 0.193 e. The van der Waals surface area contributed by atoms with Crippen LogP contribution in [0.3, 0.4) is 0 Å². The van der Waals surface area contributed by atoms with Crippen molar-refractivity contribution in [2.24, 2.45) is 0 Å². The largest absolute Gasteiger partial charge is 0.496 e. The van der Waals surface area contributed by atoms with Gasteiger partial charge >= 0.3 is 0 Å². The first-order chi connectivity index (χ1) is 10.7. The lowest BCUT2D eigenvalue weighted by Gasteiger charge is -2.13. The number of hydrogen-bond acceptors (Lipinski definition) is 5. The molecule has 1 heterocycles. The van der Waals surface area contributed by atoms with Crippen molar-refractivity contribution in [1.82, 2.24) is 4.98 Å². The van der Waals surface area contributed by atoms with Crippen LogP contribution in [0.4, 0.5) is 0 Å². The highest BCUT2D eigenvalue weighted by molar-refractivity contribution is 6.10. The number of benzene rings is 1. The van der Waals surface area contributed by atoms with Crippen molar-refractivity contribution < 1.29 is 19.0 Å². The van der Waals surface area contributed by atoms with Crippen LogP contribution in [0.25, 0.3) is 6.08 Å². The van der Waals surface area contributed by atoms with E-state index in [0.717, 1.165) is 0 Å². The molecule has 0 saturated heterocycles. The molecule has 5 heteroatoms. The van der Waals surface area contributed by atoms with Crippen LogP contribution in [0, 0.1) is 0 Å². The SMILES string of the molecule is COc1cc(OC)c(C(=O)/C=C/c2ccccn2)c(OC)c1. The number of methoxy groups -OCH3 is 3. The first kappa shape index (κ1) is 15.6. The van der Waals surface area contributed by atoms with Gasteiger partial charge in [0.1, 0.15) is 22.8 Å². The zero-order valence-corrected chi connectivity index (χ0v) is 12.7. The number of ketones is 1. The molecule has 0 unspecified atom stereocenters. The molecule has 1 aromatic heterocycles. The molecule has 0 aliphatic heterocycles. The average molecular weight is 299 g/mol. The molecular formula is C17H17NO4. The van der Waals surface area contributed by atoms with Crippen LogP contribution in [-0.2, 0) is 0 Å². The summed E-state index contributed by atoms with van der Waals surface area (Å²) in [6.07, 6.45) is 4.75. The van der Waals surface area contributed by atoms with Crippen LogP contribution in [0.5, 0.6) is 17.2 Å². The standard InChI is InChI=1S/C17H17NO4/c1-20-13-10-15(21-2)17(16(11-13)22-3)14(19)8-7-12-6-4-5-9-18-12/h4-11H,1-3H3/b8-7+. The Bertz CT molecular complexity index is 655. The minimum Gasteiger partial charge on any atom is -0.496 e. The molecule has 0 atom stereocenters. The molecule has 0 radical (unpaired) electrons. The predicted molar refractivity (Wildman–Crippen MR) is 83.7 cm³/mol. The van der Waals surface area contributed by atoms with Crippen molar-refractivity contribution in [2.75, 3.05) is 21.3 Å². The fraction of sp³-hybridized carbons (Fsp3) is 0.176. The van der Waals surface area contributed by atoms with Crippen molar-refractivity contribution in [3.8, 4) is 17.2 Å². The minimum absolute atomic E-state index is 0.234.